The van der Waals surface area contributed by atoms with Crippen LogP contribution in [0, 0.1) is 0 Å². The van der Waals surface area contributed by atoms with Gasteiger partial charge >= 0.3 is 0 Å². The Morgan fingerprint density at radius 1 is 1.26 bits per heavy atom. The molecule has 1 aliphatic rings. The smallest absolute Gasteiger partial charge is 0.221 e. The zero-order valence-electron chi connectivity index (χ0n) is 11.8. The summed E-state index contributed by atoms with van der Waals surface area (Å²) in [7, 11) is 0. The van der Waals surface area contributed by atoms with Gasteiger partial charge in [0.15, 0.2) is 0 Å². The van der Waals surface area contributed by atoms with Crippen molar-refractivity contribution in [2.45, 2.75) is 32.9 Å². The Morgan fingerprint density at radius 3 is 2.47 bits per heavy atom. The Morgan fingerprint density at radius 2 is 1.95 bits per heavy atom. The van der Waals surface area contributed by atoms with Crippen LogP contribution in [-0.2, 0) is 11.3 Å². The van der Waals surface area contributed by atoms with Gasteiger partial charge < -0.3 is 15.5 Å². The maximum absolute atomic E-state index is 11.1. The average molecular weight is 261 g/mol. The third kappa shape index (κ3) is 3.70. The Balaban J connectivity index is 1.86. The number of nitrogens with zero attached hydrogens (tertiary/aromatic N) is 1. The molecule has 19 heavy (non-hydrogen) atoms. The lowest BCUT2D eigenvalue weighted by Gasteiger charge is -2.21. The number of amides is 1. The van der Waals surface area contributed by atoms with Gasteiger partial charge in [-0.1, -0.05) is 12.1 Å². The highest BCUT2D eigenvalue weighted by molar-refractivity contribution is 5.78. The van der Waals surface area contributed by atoms with Crippen LogP contribution in [-0.4, -0.2) is 31.6 Å². The highest BCUT2D eigenvalue weighted by atomic mass is 16.1. The van der Waals surface area contributed by atoms with Gasteiger partial charge in [0.2, 0.25) is 5.91 Å². The van der Waals surface area contributed by atoms with Gasteiger partial charge in [-0.3, -0.25) is 4.79 Å². The largest absolute Gasteiger partial charge is 0.372 e. The highest BCUT2D eigenvalue weighted by Crippen LogP contribution is 2.15. The minimum absolute atomic E-state index is 0.148. The van der Waals surface area contributed by atoms with E-state index in [2.05, 4.69) is 53.6 Å². The van der Waals surface area contributed by atoms with Crippen molar-refractivity contribution in [1.29, 1.82) is 0 Å². The third-order valence-electron chi connectivity index (χ3n) is 3.64. The van der Waals surface area contributed by atoms with Crippen LogP contribution in [0.25, 0.3) is 0 Å². The third-order valence-corrected chi connectivity index (χ3v) is 3.64. The van der Waals surface area contributed by atoms with Gasteiger partial charge in [0, 0.05) is 44.3 Å². The standard InChI is InChI=1S/C15H23N3O/c1-3-18(4-2)14-7-5-12(6-8-14)10-16-13-9-15(19)17-11-13/h5-8,13,16H,3-4,9-11H2,1-2H3,(H,17,19). The molecule has 1 unspecified atom stereocenters. The summed E-state index contributed by atoms with van der Waals surface area (Å²) in [6, 6.07) is 8.93. The zero-order valence-corrected chi connectivity index (χ0v) is 11.8. The van der Waals surface area contributed by atoms with Crippen molar-refractivity contribution in [3.63, 3.8) is 0 Å². The topological polar surface area (TPSA) is 44.4 Å². The van der Waals surface area contributed by atoms with Crippen molar-refractivity contribution in [3.8, 4) is 0 Å². The number of nitrogens with one attached hydrogen (secondary N) is 2. The predicted octanol–water partition coefficient (Wildman–Crippen LogP) is 1.51. The summed E-state index contributed by atoms with van der Waals surface area (Å²) in [6.45, 7) is 7.97. The first-order chi connectivity index (χ1) is 9.22. The van der Waals surface area contributed by atoms with Gasteiger partial charge in [0.25, 0.3) is 0 Å². The number of hydrogen-bond acceptors (Lipinski definition) is 3. The quantitative estimate of drug-likeness (QED) is 0.816. The number of benzene rings is 1. The number of rotatable bonds is 6. The summed E-state index contributed by atoms with van der Waals surface area (Å²) >= 11 is 0. The van der Waals surface area contributed by atoms with E-state index in [1.807, 2.05) is 0 Å². The van der Waals surface area contributed by atoms with Crippen LogP contribution in [0.1, 0.15) is 25.8 Å². The van der Waals surface area contributed by atoms with Crippen LogP contribution in [0.15, 0.2) is 24.3 Å². The maximum atomic E-state index is 11.1. The van der Waals surface area contributed by atoms with E-state index in [1.54, 1.807) is 0 Å². The molecule has 0 saturated carbocycles. The van der Waals surface area contributed by atoms with Gasteiger partial charge in [-0.05, 0) is 31.5 Å². The van der Waals surface area contributed by atoms with Crippen LogP contribution < -0.4 is 15.5 Å². The molecule has 0 bridgehead atoms. The maximum Gasteiger partial charge on any atom is 0.221 e. The van der Waals surface area contributed by atoms with Crippen molar-refractivity contribution in [1.82, 2.24) is 10.6 Å². The molecule has 1 aromatic rings. The molecule has 104 valence electrons. The second kappa shape index (κ2) is 6.57. The molecule has 0 spiro atoms. The van der Waals surface area contributed by atoms with E-state index in [0.717, 1.165) is 26.2 Å². The van der Waals surface area contributed by atoms with E-state index >= 15 is 0 Å². The van der Waals surface area contributed by atoms with Gasteiger partial charge in [-0.25, -0.2) is 0 Å². The molecule has 1 amide bonds. The fourth-order valence-electron chi connectivity index (χ4n) is 2.43. The summed E-state index contributed by atoms with van der Waals surface area (Å²) in [6.07, 6.45) is 0.595. The molecule has 2 N–H and O–H groups in total. The monoisotopic (exact) mass is 261 g/mol. The molecular weight excluding hydrogens is 238 g/mol. The molecule has 0 aliphatic carbocycles. The first-order valence-electron chi connectivity index (χ1n) is 7.07. The number of carbonyl (C=O) groups excluding carboxylic acids is 1. The van der Waals surface area contributed by atoms with Crippen molar-refractivity contribution in [2.75, 3.05) is 24.5 Å². The lowest BCUT2D eigenvalue weighted by Crippen LogP contribution is -2.30. The SMILES string of the molecule is CCN(CC)c1ccc(CNC2CNC(=O)C2)cc1. The Labute approximate surface area is 115 Å². The Bertz CT molecular complexity index is 412. The summed E-state index contributed by atoms with van der Waals surface area (Å²) in [5.74, 6) is 0.148. The summed E-state index contributed by atoms with van der Waals surface area (Å²) in [5, 5.41) is 6.25. The van der Waals surface area contributed by atoms with E-state index in [0.29, 0.717) is 6.42 Å². The summed E-state index contributed by atoms with van der Waals surface area (Å²) in [5.41, 5.74) is 2.53. The molecule has 4 nitrogen and oxygen atoms in total. The zero-order chi connectivity index (χ0) is 13.7. The van der Waals surface area contributed by atoms with Crippen LogP contribution in [0.3, 0.4) is 0 Å². The van der Waals surface area contributed by atoms with Gasteiger partial charge in [0.1, 0.15) is 0 Å². The van der Waals surface area contributed by atoms with Gasteiger partial charge in [-0.15, -0.1) is 0 Å². The molecule has 1 aromatic carbocycles. The predicted molar refractivity (Wildman–Crippen MR) is 78.3 cm³/mol. The van der Waals surface area contributed by atoms with Crippen LogP contribution in [0.5, 0.6) is 0 Å². The highest BCUT2D eigenvalue weighted by Gasteiger charge is 2.20. The molecule has 1 heterocycles. The molecule has 0 radical (unpaired) electrons. The lowest BCUT2D eigenvalue weighted by atomic mass is 10.1. The van der Waals surface area contributed by atoms with Crippen LogP contribution >= 0.6 is 0 Å². The molecule has 1 atom stereocenters. The van der Waals surface area contributed by atoms with Gasteiger partial charge in [0.05, 0.1) is 0 Å². The number of anilines is 1. The lowest BCUT2D eigenvalue weighted by molar-refractivity contribution is -0.119. The molecular formula is C15H23N3O. The first-order valence-corrected chi connectivity index (χ1v) is 7.07. The van der Waals surface area contributed by atoms with Crippen molar-refractivity contribution < 1.29 is 4.79 Å². The Kier molecular flexibility index (Phi) is 4.80. The number of hydrogen-bond donors (Lipinski definition) is 2. The summed E-state index contributed by atoms with van der Waals surface area (Å²) in [4.78, 5) is 13.4. The van der Waals surface area contributed by atoms with Crippen molar-refractivity contribution >= 4 is 11.6 Å². The van der Waals surface area contributed by atoms with Crippen LogP contribution in [0.2, 0.25) is 0 Å². The molecule has 4 heteroatoms. The van der Waals surface area contributed by atoms with E-state index in [1.165, 1.54) is 11.3 Å². The Hall–Kier alpha value is -1.55. The molecule has 0 aromatic heterocycles. The van der Waals surface area contributed by atoms with E-state index in [-0.39, 0.29) is 11.9 Å². The normalized spacial score (nSPS) is 18.4. The average Bonchev–Trinajstić information content (AvgIpc) is 2.85. The molecule has 2 rings (SSSR count). The van der Waals surface area contributed by atoms with Crippen LogP contribution in [0.4, 0.5) is 5.69 Å². The molecule has 1 saturated heterocycles. The van der Waals surface area contributed by atoms with Crippen molar-refractivity contribution in [2.24, 2.45) is 0 Å². The molecule has 1 fully saturated rings. The minimum atomic E-state index is 0.148. The molecule has 1 aliphatic heterocycles. The van der Waals surface area contributed by atoms with Gasteiger partial charge in [-0.2, -0.15) is 0 Å². The van der Waals surface area contributed by atoms with E-state index < -0.39 is 0 Å². The first kappa shape index (κ1) is 13.9. The second-order valence-corrected chi connectivity index (χ2v) is 4.92. The van der Waals surface area contributed by atoms with E-state index in [9.17, 15) is 4.79 Å². The van der Waals surface area contributed by atoms with Crippen molar-refractivity contribution in [3.05, 3.63) is 29.8 Å². The fraction of sp³-hybridized carbons (Fsp3) is 0.533. The number of carbonyl (C=O) groups is 1. The minimum Gasteiger partial charge on any atom is -0.372 e. The second-order valence-electron chi connectivity index (χ2n) is 4.92. The van der Waals surface area contributed by atoms with E-state index in [4.69, 9.17) is 0 Å². The summed E-state index contributed by atoms with van der Waals surface area (Å²) < 4.78 is 0. The fourth-order valence-corrected chi connectivity index (χ4v) is 2.43.